The van der Waals surface area contributed by atoms with Crippen LogP contribution in [0.4, 0.5) is 0 Å². The third-order valence-corrected chi connectivity index (χ3v) is 3.01. The average molecular weight is 221 g/mol. The molecule has 90 valence electrons. The Morgan fingerprint density at radius 1 is 1.44 bits per heavy atom. The Bertz CT molecular complexity index is 287. The van der Waals surface area contributed by atoms with Crippen LogP contribution in [0.1, 0.15) is 47.0 Å². The van der Waals surface area contributed by atoms with Crippen LogP contribution in [0.2, 0.25) is 0 Å². The fourth-order valence-corrected chi connectivity index (χ4v) is 1.66. The molecule has 0 aromatic heterocycles. The molecule has 2 aliphatic rings. The summed E-state index contributed by atoms with van der Waals surface area (Å²) in [5.41, 5.74) is 1.35. The van der Waals surface area contributed by atoms with Crippen LogP contribution in [0.25, 0.3) is 0 Å². The van der Waals surface area contributed by atoms with E-state index in [0.29, 0.717) is 0 Å². The topological polar surface area (TPSA) is 21.6 Å². The fraction of sp³-hybridized carbons (Fsp3) is 0.643. The average Bonchev–Trinajstić information content (AvgIpc) is 2.53. The first-order chi connectivity index (χ1) is 7.73. The molecule has 1 unspecified atom stereocenters. The van der Waals surface area contributed by atoms with Gasteiger partial charge in [0.25, 0.3) is 0 Å². The van der Waals surface area contributed by atoms with Crippen molar-refractivity contribution in [1.82, 2.24) is 0 Å². The molecule has 0 saturated carbocycles. The molecule has 0 amide bonds. The summed E-state index contributed by atoms with van der Waals surface area (Å²) in [7, 11) is 0. The third kappa shape index (κ3) is 2.97. The van der Waals surface area contributed by atoms with Gasteiger partial charge in [0, 0.05) is 17.2 Å². The Kier molecular flexibility index (Phi) is 4.78. The fourth-order valence-electron chi connectivity index (χ4n) is 1.66. The summed E-state index contributed by atoms with van der Waals surface area (Å²) in [6, 6.07) is 0. The first-order valence-corrected chi connectivity index (χ1v) is 6.34. The lowest BCUT2D eigenvalue weighted by atomic mass is 9.88. The van der Waals surface area contributed by atoms with Crippen molar-refractivity contribution in [1.29, 1.82) is 0 Å². The highest BCUT2D eigenvalue weighted by molar-refractivity contribution is 5.70. The summed E-state index contributed by atoms with van der Waals surface area (Å²) in [4.78, 5) is 4.44. The number of ether oxygens (including phenoxy) is 1. The van der Waals surface area contributed by atoms with Gasteiger partial charge in [0.15, 0.2) is 0 Å². The molecule has 1 atom stereocenters. The van der Waals surface area contributed by atoms with E-state index in [1.54, 1.807) is 0 Å². The predicted molar refractivity (Wildman–Crippen MR) is 69.6 cm³/mol. The zero-order chi connectivity index (χ0) is 12.0. The monoisotopic (exact) mass is 221 g/mol. The molecule has 0 radical (unpaired) electrons. The second kappa shape index (κ2) is 5.88. The summed E-state index contributed by atoms with van der Waals surface area (Å²) in [6.07, 6.45) is 9.73. The highest BCUT2D eigenvalue weighted by atomic mass is 16.5. The molecule has 0 aromatic rings. The summed E-state index contributed by atoms with van der Waals surface area (Å²) in [5, 5.41) is 0. The lowest BCUT2D eigenvalue weighted by Gasteiger charge is -2.16. The van der Waals surface area contributed by atoms with Crippen molar-refractivity contribution >= 4 is 6.21 Å². The number of hydrogen-bond acceptors (Lipinski definition) is 2. The number of allylic oxidation sites excluding steroid dienone is 3. The second-order valence-corrected chi connectivity index (χ2v) is 4.23. The minimum absolute atomic E-state index is 0.0979. The van der Waals surface area contributed by atoms with Crippen molar-refractivity contribution in [2.24, 2.45) is 10.4 Å². The number of rotatable bonds is 1. The highest BCUT2D eigenvalue weighted by Gasteiger charge is 2.20. The van der Waals surface area contributed by atoms with E-state index in [0.717, 1.165) is 31.8 Å². The Hall–Kier alpha value is -1.05. The molecule has 0 aromatic carbocycles. The van der Waals surface area contributed by atoms with E-state index in [4.69, 9.17) is 4.74 Å². The van der Waals surface area contributed by atoms with Gasteiger partial charge in [0.1, 0.15) is 0 Å². The molecule has 16 heavy (non-hydrogen) atoms. The van der Waals surface area contributed by atoms with Gasteiger partial charge in [-0.2, -0.15) is 0 Å². The van der Waals surface area contributed by atoms with Crippen LogP contribution in [-0.2, 0) is 4.74 Å². The Morgan fingerprint density at radius 3 is 2.88 bits per heavy atom. The van der Waals surface area contributed by atoms with E-state index in [2.05, 4.69) is 31.0 Å². The number of aliphatic imine (C=N–C) groups is 1. The van der Waals surface area contributed by atoms with Crippen LogP contribution < -0.4 is 0 Å². The van der Waals surface area contributed by atoms with Crippen molar-refractivity contribution < 1.29 is 4.74 Å². The van der Waals surface area contributed by atoms with E-state index in [-0.39, 0.29) is 5.41 Å². The van der Waals surface area contributed by atoms with Gasteiger partial charge >= 0.3 is 0 Å². The van der Waals surface area contributed by atoms with Crippen molar-refractivity contribution in [3.63, 3.8) is 0 Å². The van der Waals surface area contributed by atoms with Crippen LogP contribution in [0.3, 0.4) is 0 Å². The van der Waals surface area contributed by atoms with Gasteiger partial charge in [-0.25, -0.2) is 4.99 Å². The molecule has 2 heterocycles. The molecule has 0 bridgehead atoms. The van der Waals surface area contributed by atoms with Gasteiger partial charge < -0.3 is 4.74 Å². The van der Waals surface area contributed by atoms with Crippen molar-refractivity contribution in [3.8, 4) is 0 Å². The van der Waals surface area contributed by atoms with E-state index in [1.165, 1.54) is 5.57 Å². The van der Waals surface area contributed by atoms with Crippen molar-refractivity contribution in [3.05, 3.63) is 23.6 Å². The molecule has 0 spiro atoms. The molecule has 2 rings (SSSR count). The van der Waals surface area contributed by atoms with Gasteiger partial charge in [-0.1, -0.05) is 39.8 Å². The molecule has 0 fully saturated rings. The minimum Gasteiger partial charge on any atom is -0.477 e. The van der Waals surface area contributed by atoms with E-state index in [9.17, 15) is 0 Å². The zero-order valence-electron chi connectivity index (χ0n) is 10.9. The third-order valence-electron chi connectivity index (χ3n) is 3.01. The summed E-state index contributed by atoms with van der Waals surface area (Å²) < 4.78 is 5.53. The van der Waals surface area contributed by atoms with Gasteiger partial charge in [0.05, 0.1) is 6.61 Å². The molecular formula is C14H23NO. The summed E-state index contributed by atoms with van der Waals surface area (Å²) in [5.74, 6) is 0.838. The van der Waals surface area contributed by atoms with Crippen LogP contribution >= 0.6 is 0 Å². The van der Waals surface area contributed by atoms with E-state index < -0.39 is 0 Å². The summed E-state index contributed by atoms with van der Waals surface area (Å²) >= 11 is 0. The van der Waals surface area contributed by atoms with Crippen LogP contribution in [0.5, 0.6) is 0 Å². The maximum atomic E-state index is 5.53. The first kappa shape index (κ1) is 13.0. The molecule has 0 saturated heterocycles. The van der Waals surface area contributed by atoms with Gasteiger partial charge in [0.2, 0.25) is 5.88 Å². The smallest absolute Gasteiger partial charge is 0.216 e. The molecule has 0 N–H and O–H groups in total. The quantitative estimate of drug-likeness (QED) is 0.653. The SMILES string of the molecule is CC.CCC1(C)C=CC2=C(N=C1)OCCC2. The first-order valence-electron chi connectivity index (χ1n) is 6.34. The van der Waals surface area contributed by atoms with Gasteiger partial charge in [-0.05, 0) is 19.3 Å². The molecule has 2 aliphatic heterocycles. The van der Waals surface area contributed by atoms with Crippen molar-refractivity contribution in [2.45, 2.75) is 47.0 Å². The number of nitrogens with zero attached hydrogens (tertiary/aromatic N) is 1. The van der Waals surface area contributed by atoms with Crippen LogP contribution in [0, 0.1) is 5.41 Å². The highest BCUT2D eigenvalue weighted by Crippen LogP contribution is 2.29. The largest absolute Gasteiger partial charge is 0.477 e. The van der Waals surface area contributed by atoms with E-state index in [1.807, 2.05) is 20.1 Å². The lowest BCUT2D eigenvalue weighted by Crippen LogP contribution is -2.12. The Balaban J connectivity index is 0.000000606. The zero-order valence-corrected chi connectivity index (χ0v) is 10.9. The summed E-state index contributed by atoms with van der Waals surface area (Å²) in [6.45, 7) is 9.19. The molecule has 2 nitrogen and oxygen atoms in total. The Morgan fingerprint density at radius 2 is 2.19 bits per heavy atom. The second-order valence-electron chi connectivity index (χ2n) is 4.23. The molecule has 2 heteroatoms. The Labute approximate surface area is 99.1 Å². The number of hydrogen-bond donors (Lipinski definition) is 0. The van der Waals surface area contributed by atoms with Gasteiger partial charge in [-0.3, -0.25) is 0 Å². The van der Waals surface area contributed by atoms with Crippen molar-refractivity contribution in [2.75, 3.05) is 6.61 Å². The maximum absolute atomic E-state index is 5.53. The van der Waals surface area contributed by atoms with E-state index >= 15 is 0 Å². The standard InChI is InChI=1S/C12H17NO.C2H6/c1-3-12(2)7-6-10-5-4-8-14-11(10)13-9-12;1-2/h6-7,9H,3-5,8H2,1-2H3;1-2H3. The lowest BCUT2D eigenvalue weighted by molar-refractivity contribution is 0.187. The maximum Gasteiger partial charge on any atom is 0.216 e. The van der Waals surface area contributed by atoms with Gasteiger partial charge in [-0.15, -0.1) is 0 Å². The predicted octanol–water partition coefficient (Wildman–Crippen LogP) is 4.09. The normalized spacial score (nSPS) is 27.5. The minimum atomic E-state index is 0.0979. The van der Waals surface area contributed by atoms with Crippen LogP contribution in [-0.4, -0.2) is 12.8 Å². The molecule has 0 aliphatic carbocycles. The molecular weight excluding hydrogens is 198 g/mol. The van der Waals surface area contributed by atoms with Crippen LogP contribution in [0.15, 0.2) is 28.6 Å².